The van der Waals surface area contributed by atoms with Crippen molar-refractivity contribution in [3.05, 3.63) is 76.0 Å². The average molecular weight is 372 g/mol. The van der Waals surface area contributed by atoms with Gasteiger partial charge in [-0.15, -0.1) is 0 Å². The summed E-state index contributed by atoms with van der Waals surface area (Å²) in [5, 5.41) is 17.5. The number of nitrogens with one attached hydrogen (secondary N) is 1. The Bertz CT molecular complexity index is 1290. The van der Waals surface area contributed by atoms with Gasteiger partial charge in [0, 0.05) is 22.9 Å². The monoisotopic (exact) mass is 372 g/mol. The van der Waals surface area contributed by atoms with Gasteiger partial charge in [0.15, 0.2) is 5.65 Å². The Hall–Kier alpha value is -3.99. The van der Waals surface area contributed by atoms with E-state index in [4.69, 9.17) is 0 Å². The zero-order valence-electron chi connectivity index (χ0n) is 15.2. The fraction of sp³-hybridized carbons (Fsp3) is 0.150. The van der Waals surface area contributed by atoms with Crippen molar-refractivity contribution in [1.82, 2.24) is 24.4 Å². The van der Waals surface area contributed by atoms with Gasteiger partial charge in [0.2, 0.25) is 0 Å². The molecule has 4 rings (SSSR count). The number of aromatic amines is 1. The molecule has 0 unspecified atom stereocenters. The summed E-state index contributed by atoms with van der Waals surface area (Å²) in [6.07, 6.45) is 4.45. The minimum Gasteiger partial charge on any atom is -0.338 e. The molecule has 3 aromatic heterocycles. The quantitative estimate of drug-likeness (QED) is 0.594. The molecule has 0 fully saturated rings. The molecule has 4 aromatic rings. The van der Waals surface area contributed by atoms with Gasteiger partial charge in [-0.25, -0.2) is 4.68 Å². The van der Waals surface area contributed by atoms with Crippen molar-refractivity contribution >= 4 is 11.6 Å². The highest BCUT2D eigenvalue weighted by Gasteiger charge is 2.21. The number of aromatic nitrogens is 5. The number of rotatable bonds is 3. The number of nitriles is 1. The predicted octanol–water partition coefficient (Wildman–Crippen LogP) is 2.57. The molecule has 0 aliphatic rings. The second-order valence-electron chi connectivity index (χ2n) is 6.65. The molecule has 0 bridgehead atoms. The molecule has 0 aliphatic heterocycles. The summed E-state index contributed by atoms with van der Waals surface area (Å²) < 4.78 is 2.43. The van der Waals surface area contributed by atoms with Crippen LogP contribution in [0.15, 0.2) is 53.7 Å². The molecule has 0 saturated heterocycles. The zero-order chi connectivity index (χ0) is 19.8. The average Bonchev–Trinajstić information content (AvgIpc) is 3.34. The highest BCUT2D eigenvalue weighted by molar-refractivity contribution is 5.95. The van der Waals surface area contributed by atoms with Crippen LogP contribution in [0.5, 0.6) is 0 Å². The molecule has 8 heteroatoms. The van der Waals surface area contributed by atoms with Gasteiger partial charge in [-0.2, -0.15) is 20.0 Å². The van der Waals surface area contributed by atoms with Gasteiger partial charge in [-0.3, -0.25) is 9.59 Å². The second-order valence-corrected chi connectivity index (χ2v) is 6.65. The first-order valence-electron chi connectivity index (χ1n) is 8.70. The van der Waals surface area contributed by atoms with E-state index in [0.717, 1.165) is 0 Å². The maximum absolute atomic E-state index is 12.9. The van der Waals surface area contributed by atoms with Crippen LogP contribution in [0.1, 0.15) is 41.3 Å². The molecule has 0 spiro atoms. The minimum atomic E-state index is -0.303. The van der Waals surface area contributed by atoms with Gasteiger partial charge in [0.05, 0.1) is 18.1 Å². The highest BCUT2D eigenvalue weighted by Crippen LogP contribution is 2.26. The molecule has 0 saturated carbocycles. The molecule has 3 heterocycles. The van der Waals surface area contributed by atoms with E-state index in [1.54, 1.807) is 30.5 Å². The van der Waals surface area contributed by atoms with E-state index in [9.17, 15) is 14.9 Å². The van der Waals surface area contributed by atoms with Gasteiger partial charge in [-0.05, 0) is 18.1 Å². The van der Waals surface area contributed by atoms with Crippen LogP contribution in [0.25, 0.3) is 16.9 Å². The first-order valence-corrected chi connectivity index (χ1v) is 8.70. The molecule has 138 valence electrons. The SMILES string of the molecule is CC(C)c1c(-c2cnn(C(=O)c3ccccc3)c2)[nH]c2c(C#N)cnn2c1=O. The van der Waals surface area contributed by atoms with E-state index in [1.165, 1.54) is 21.6 Å². The van der Waals surface area contributed by atoms with Crippen LogP contribution in [0.3, 0.4) is 0 Å². The van der Waals surface area contributed by atoms with E-state index in [0.29, 0.717) is 28.0 Å². The van der Waals surface area contributed by atoms with Crippen LogP contribution in [-0.4, -0.2) is 30.3 Å². The van der Waals surface area contributed by atoms with E-state index < -0.39 is 0 Å². The fourth-order valence-corrected chi connectivity index (χ4v) is 3.15. The summed E-state index contributed by atoms with van der Waals surface area (Å²) in [5.74, 6) is -0.380. The summed E-state index contributed by atoms with van der Waals surface area (Å²) in [6, 6.07) is 10.8. The smallest absolute Gasteiger partial charge is 0.278 e. The normalized spacial score (nSPS) is 11.1. The first kappa shape index (κ1) is 17.4. The lowest BCUT2D eigenvalue weighted by Crippen LogP contribution is -2.22. The number of H-pyrrole nitrogens is 1. The molecule has 1 N–H and O–H groups in total. The molecule has 28 heavy (non-hydrogen) atoms. The van der Waals surface area contributed by atoms with Crippen LogP contribution >= 0.6 is 0 Å². The molecule has 0 amide bonds. The summed E-state index contributed by atoms with van der Waals surface area (Å²) >= 11 is 0. The van der Waals surface area contributed by atoms with Crippen molar-refractivity contribution in [2.75, 3.05) is 0 Å². The standard InChI is InChI=1S/C20H16N6O2/c1-12(2)16-17(24-18-14(8-21)9-23-26(18)20(16)28)15-10-22-25(11-15)19(27)13-6-4-3-5-7-13/h3-7,9-12,24H,1-2H3. The highest BCUT2D eigenvalue weighted by atomic mass is 16.2. The largest absolute Gasteiger partial charge is 0.338 e. The number of carbonyl (C=O) groups is 1. The Morgan fingerprint density at radius 2 is 1.93 bits per heavy atom. The van der Waals surface area contributed by atoms with Gasteiger partial charge in [-0.1, -0.05) is 32.0 Å². The molecule has 8 nitrogen and oxygen atoms in total. The van der Waals surface area contributed by atoms with Gasteiger partial charge >= 0.3 is 0 Å². The zero-order valence-corrected chi connectivity index (χ0v) is 15.2. The molecule has 0 radical (unpaired) electrons. The molecule has 1 aromatic carbocycles. The number of benzene rings is 1. The van der Waals surface area contributed by atoms with E-state index in [1.807, 2.05) is 26.0 Å². The van der Waals surface area contributed by atoms with Gasteiger partial charge in [0.25, 0.3) is 11.5 Å². The van der Waals surface area contributed by atoms with Crippen LogP contribution in [-0.2, 0) is 0 Å². The summed E-state index contributed by atoms with van der Waals surface area (Å²) in [6.45, 7) is 3.79. The third kappa shape index (κ3) is 2.70. The Labute approximate surface area is 159 Å². The van der Waals surface area contributed by atoms with Crippen molar-refractivity contribution in [1.29, 1.82) is 5.26 Å². The minimum absolute atomic E-state index is 0.105. The Morgan fingerprint density at radius 1 is 1.18 bits per heavy atom. The van der Waals surface area contributed by atoms with Crippen molar-refractivity contribution in [2.45, 2.75) is 19.8 Å². The van der Waals surface area contributed by atoms with Crippen molar-refractivity contribution in [3.63, 3.8) is 0 Å². The van der Waals surface area contributed by atoms with E-state index >= 15 is 0 Å². The fourth-order valence-electron chi connectivity index (χ4n) is 3.15. The lowest BCUT2D eigenvalue weighted by atomic mass is 10.00. The van der Waals surface area contributed by atoms with Crippen molar-refractivity contribution < 1.29 is 4.79 Å². The van der Waals surface area contributed by atoms with Crippen molar-refractivity contribution in [2.24, 2.45) is 0 Å². The maximum atomic E-state index is 12.9. The van der Waals surface area contributed by atoms with Crippen LogP contribution in [0.2, 0.25) is 0 Å². The molecule has 0 atom stereocenters. The summed E-state index contributed by atoms with van der Waals surface area (Å²) in [5.41, 5.74) is 2.40. The number of hydrogen-bond donors (Lipinski definition) is 1. The Morgan fingerprint density at radius 3 is 2.61 bits per heavy atom. The van der Waals surface area contributed by atoms with Crippen LogP contribution < -0.4 is 5.56 Å². The first-order chi connectivity index (χ1) is 13.5. The number of nitrogens with zero attached hydrogens (tertiary/aromatic N) is 5. The van der Waals surface area contributed by atoms with Gasteiger partial charge < -0.3 is 4.98 Å². The van der Waals surface area contributed by atoms with Gasteiger partial charge in [0.1, 0.15) is 11.6 Å². The van der Waals surface area contributed by atoms with E-state index in [2.05, 4.69) is 15.2 Å². The molecule has 0 aliphatic carbocycles. The Balaban J connectivity index is 1.89. The lowest BCUT2D eigenvalue weighted by molar-refractivity contribution is 0.0945. The number of fused-ring (bicyclic) bond motifs is 1. The Kier molecular flexibility index (Phi) is 4.12. The third-order valence-electron chi connectivity index (χ3n) is 4.50. The second kappa shape index (κ2) is 6.63. The third-order valence-corrected chi connectivity index (χ3v) is 4.50. The number of hydrogen-bond acceptors (Lipinski definition) is 5. The van der Waals surface area contributed by atoms with Crippen LogP contribution in [0, 0.1) is 11.3 Å². The van der Waals surface area contributed by atoms with Crippen molar-refractivity contribution in [3.8, 4) is 17.3 Å². The van der Waals surface area contributed by atoms with Crippen LogP contribution in [0.4, 0.5) is 0 Å². The maximum Gasteiger partial charge on any atom is 0.278 e. The predicted molar refractivity (Wildman–Crippen MR) is 102 cm³/mol. The van der Waals surface area contributed by atoms with E-state index in [-0.39, 0.29) is 22.9 Å². The summed E-state index contributed by atoms with van der Waals surface area (Å²) in [4.78, 5) is 28.7. The topological polar surface area (TPSA) is 109 Å². The molecular weight excluding hydrogens is 356 g/mol. The number of carbonyl (C=O) groups excluding carboxylic acids is 1. The summed E-state index contributed by atoms with van der Waals surface area (Å²) in [7, 11) is 0. The lowest BCUT2D eigenvalue weighted by Gasteiger charge is -2.11. The molecular formula is C20H16N6O2.